The number of benzene rings is 1. The van der Waals surface area contributed by atoms with E-state index >= 15 is 0 Å². The van der Waals surface area contributed by atoms with E-state index in [1.807, 2.05) is 26.8 Å². The number of rotatable bonds is 3. The average molecular weight is 374 g/mol. The number of hydrogen-bond donors (Lipinski definition) is 0. The molecule has 4 aromatic rings. The molecule has 0 bridgehead atoms. The zero-order valence-electron chi connectivity index (χ0n) is 15.8. The molecule has 3 aromatic heterocycles. The Morgan fingerprint density at radius 3 is 2.54 bits per heavy atom. The van der Waals surface area contributed by atoms with Crippen LogP contribution in [0.15, 0.2) is 47.4 Å². The van der Waals surface area contributed by atoms with Gasteiger partial charge in [0, 0.05) is 12.3 Å². The lowest BCUT2D eigenvalue weighted by Gasteiger charge is -2.08. The fraction of sp³-hybridized carbons (Fsp3) is 0.190. The summed E-state index contributed by atoms with van der Waals surface area (Å²) in [5.41, 5.74) is 5.00. The number of aryl methyl sites for hydroxylation is 3. The molecule has 0 saturated carbocycles. The monoisotopic (exact) mass is 374 g/mol. The smallest absolute Gasteiger partial charge is 0.338 e. The van der Waals surface area contributed by atoms with Crippen LogP contribution in [-0.2, 0) is 11.3 Å². The molecule has 0 unspecified atom stereocenters. The van der Waals surface area contributed by atoms with Crippen molar-refractivity contribution in [2.75, 3.05) is 0 Å². The van der Waals surface area contributed by atoms with Gasteiger partial charge >= 0.3 is 5.97 Å². The fourth-order valence-corrected chi connectivity index (χ4v) is 2.96. The lowest BCUT2D eigenvalue weighted by molar-refractivity contribution is 0.0468. The highest BCUT2D eigenvalue weighted by molar-refractivity contribution is 5.93. The van der Waals surface area contributed by atoms with Crippen molar-refractivity contribution in [3.8, 4) is 0 Å². The molecule has 0 N–H and O–H groups in total. The standard InChI is InChI=1S/C21H18N4O3/c1-12-5-4-8-25-19(26)10-16(24-20(12)25)11-28-21(27)15-6-7-17-18(9-15)23-14(3)13(2)22-17/h4-10H,11H2,1-3H3. The molecule has 0 amide bonds. The highest BCUT2D eigenvalue weighted by Gasteiger charge is 2.12. The van der Waals surface area contributed by atoms with Crippen molar-refractivity contribution in [2.45, 2.75) is 27.4 Å². The minimum absolute atomic E-state index is 0.0877. The lowest BCUT2D eigenvalue weighted by atomic mass is 10.2. The van der Waals surface area contributed by atoms with Crippen molar-refractivity contribution in [2.24, 2.45) is 0 Å². The Balaban J connectivity index is 1.58. The van der Waals surface area contributed by atoms with E-state index in [4.69, 9.17) is 4.74 Å². The molecule has 4 rings (SSSR count). The number of fused-ring (bicyclic) bond motifs is 2. The van der Waals surface area contributed by atoms with Gasteiger partial charge in [-0.1, -0.05) is 6.07 Å². The summed E-state index contributed by atoms with van der Waals surface area (Å²) in [5.74, 6) is -0.506. The summed E-state index contributed by atoms with van der Waals surface area (Å²) >= 11 is 0. The van der Waals surface area contributed by atoms with Crippen LogP contribution in [0.1, 0.15) is 33.0 Å². The van der Waals surface area contributed by atoms with Crippen molar-refractivity contribution in [3.05, 3.63) is 81.2 Å². The van der Waals surface area contributed by atoms with Crippen molar-refractivity contribution in [1.82, 2.24) is 19.4 Å². The van der Waals surface area contributed by atoms with Crippen LogP contribution in [0.3, 0.4) is 0 Å². The molecule has 0 saturated heterocycles. The number of carbonyl (C=O) groups excluding carboxylic acids is 1. The van der Waals surface area contributed by atoms with Gasteiger partial charge in [0.2, 0.25) is 0 Å². The van der Waals surface area contributed by atoms with E-state index in [-0.39, 0.29) is 12.2 Å². The number of pyridine rings is 1. The van der Waals surface area contributed by atoms with Crippen LogP contribution in [0.4, 0.5) is 0 Å². The molecule has 1 aromatic carbocycles. The van der Waals surface area contributed by atoms with Crippen LogP contribution in [0.2, 0.25) is 0 Å². The number of carbonyl (C=O) groups is 1. The summed E-state index contributed by atoms with van der Waals surface area (Å²) in [5, 5.41) is 0. The predicted octanol–water partition coefficient (Wildman–Crippen LogP) is 2.92. The zero-order valence-corrected chi connectivity index (χ0v) is 15.8. The molecule has 0 radical (unpaired) electrons. The van der Waals surface area contributed by atoms with E-state index in [1.165, 1.54) is 10.5 Å². The normalized spacial score (nSPS) is 11.1. The zero-order chi connectivity index (χ0) is 19.8. The van der Waals surface area contributed by atoms with Gasteiger partial charge < -0.3 is 4.74 Å². The first-order chi connectivity index (χ1) is 13.4. The third kappa shape index (κ3) is 3.22. The topological polar surface area (TPSA) is 86.5 Å². The minimum Gasteiger partial charge on any atom is -0.456 e. The van der Waals surface area contributed by atoms with Crippen LogP contribution < -0.4 is 5.56 Å². The molecule has 0 aliphatic heterocycles. The summed E-state index contributed by atoms with van der Waals surface area (Å²) < 4.78 is 6.83. The first-order valence-electron chi connectivity index (χ1n) is 8.82. The van der Waals surface area contributed by atoms with Gasteiger partial charge in [0.05, 0.1) is 33.7 Å². The number of esters is 1. The number of aromatic nitrogens is 4. The van der Waals surface area contributed by atoms with E-state index in [0.29, 0.717) is 22.4 Å². The first kappa shape index (κ1) is 17.8. The Labute approximate surface area is 160 Å². The van der Waals surface area contributed by atoms with E-state index in [2.05, 4.69) is 15.0 Å². The maximum Gasteiger partial charge on any atom is 0.338 e. The van der Waals surface area contributed by atoms with Gasteiger partial charge in [0.15, 0.2) is 0 Å². The highest BCUT2D eigenvalue weighted by atomic mass is 16.5. The summed E-state index contributed by atoms with van der Waals surface area (Å²) in [6.07, 6.45) is 1.66. The Morgan fingerprint density at radius 1 is 1.00 bits per heavy atom. The summed E-state index contributed by atoms with van der Waals surface area (Å²) in [6.45, 7) is 5.55. The van der Waals surface area contributed by atoms with Crippen molar-refractivity contribution >= 4 is 22.6 Å². The van der Waals surface area contributed by atoms with Crippen LogP contribution in [0.25, 0.3) is 16.7 Å². The van der Waals surface area contributed by atoms with Crippen LogP contribution in [0, 0.1) is 20.8 Å². The van der Waals surface area contributed by atoms with Gasteiger partial charge in [0.1, 0.15) is 12.3 Å². The lowest BCUT2D eigenvalue weighted by Crippen LogP contribution is -2.17. The largest absolute Gasteiger partial charge is 0.456 e. The number of ether oxygens (including phenoxy) is 1. The highest BCUT2D eigenvalue weighted by Crippen LogP contribution is 2.16. The van der Waals surface area contributed by atoms with Gasteiger partial charge in [-0.05, 0) is 50.6 Å². The van der Waals surface area contributed by atoms with E-state index in [0.717, 1.165) is 22.5 Å². The van der Waals surface area contributed by atoms with E-state index in [9.17, 15) is 9.59 Å². The molecule has 140 valence electrons. The molecule has 0 aliphatic rings. The third-order valence-corrected chi connectivity index (χ3v) is 4.60. The van der Waals surface area contributed by atoms with Gasteiger partial charge in [-0.15, -0.1) is 0 Å². The van der Waals surface area contributed by atoms with Crippen molar-refractivity contribution in [1.29, 1.82) is 0 Å². The van der Waals surface area contributed by atoms with Crippen LogP contribution >= 0.6 is 0 Å². The molecule has 28 heavy (non-hydrogen) atoms. The molecule has 7 nitrogen and oxygen atoms in total. The maximum absolute atomic E-state index is 12.4. The summed E-state index contributed by atoms with van der Waals surface area (Å²) in [4.78, 5) is 38.0. The Bertz CT molecular complexity index is 1290. The second-order valence-electron chi connectivity index (χ2n) is 6.64. The summed E-state index contributed by atoms with van der Waals surface area (Å²) in [6, 6.07) is 10.1. The number of hydrogen-bond acceptors (Lipinski definition) is 6. The van der Waals surface area contributed by atoms with Crippen molar-refractivity contribution in [3.63, 3.8) is 0 Å². The van der Waals surface area contributed by atoms with E-state index in [1.54, 1.807) is 30.5 Å². The minimum atomic E-state index is -0.506. The molecule has 7 heteroatoms. The van der Waals surface area contributed by atoms with Gasteiger partial charge in [-0.2, -0.15) is 0 Å². The van der Waals surface area contributed by atoms with Gasteiger partial charge in [-0.3, -0.25) is 9.20 Å². The SMILES string of the molecule is Cc1nc2ccc(C(=O)OCc3cc(=O)n4cccc(C)c4n3)cc2nc1C. The average Bonchev–Trinajstić information content (AvgIpc) is 2.67. The second kappa shape index (κ2) is 6.84. The maximum atomic E-state index is 12.4. The Morgan fingerprint density at radius 2 is 1.75 bits per heavy atom. The third-order valence-electron chi connectivity index (χ3n) is 4.60. The Hall–Kier alpha value is -3.61. The molecule has 0 atom stereocenters. The van der Waals surface area contributed by atoms with Crippen molar-refractivity contribution < 1.29 is 9.53 Å². The fourth-order valence-electron chi connectivity index (χ4n) is 2.96. The predicted molar refractivity (Wildman–Crippen MR) is 104 cm³/mol. The van der Waals surface area contributed by atoms with Gasteiger partial charge in [-0.25, -0.2) is 19.7 Å². The second-order valence-corrected chi connectivity index (χ2v) is 6.64. The number of nitrogens with zero attached hydrogens (tertiary/aromatic N) is 4. The molecule has 3 heterocycles. The molecular weight excluding hydrogens is 356 g/mol. The molecule has 0 spiro atoms. The quantitative estimate of drug-likeness (QED) is 0.513. The first-order valence-corrected chi connectivity index (χ1v) is 8.82. The summed E-state index contributed by atoms with van der Waals surface area (Å²) in [7, 11) is 0. The molecular formula is C21H18N4O3. The van der Waals surface area contributed by atoms with Crippen LogP contribution in [0.5, 0.6) is 0 Å². The van der Waals surface area contributed by atoms with E-state index < -0.39 is 5.97 Å². The van der Waals surface area contributed by atoms with Crippen LogP contribution in [-0.4, -0.2) is 25.3 Å². The molecule has 0 aliphatic carbocycles. The molecule has 0 fully saturated rings. The Kier molecular flexibility index (Phi) is 4.35. The van der Waals surface area contributed by atoms with Gasteiger partial charge in [0.25, 0.3) is 5.56 Å².